The minimum Gasteiger partial charge on any atom is -0.506 e. The quantitative estimate of drug-likeness (QED) is 0.836. The van der Waals surface area contributed by atoms with E-state index in [-0.39, 0.29) is 23.5 Å². The maximum atomic E-state index is 11.4. The number of hydrogen-bond acceptors (Lipinski definition) is 4. The second-order valence-electron chi connectivity index (χ2n) is 2.65. The number of nitriles is 1. The van der Waals surface area contributed by atoms with Crippen molar-refractivity contribution in [1.29, 1.82) is 5.26 Å². The van der Waals surface area contributed by atoms with Gasteiger partial charge in [-0.1, -0.05) is 0 Å². The molecule has 0 fully saturated rings. The van der Waals surface area contributed by atoms with Gasteiger partial charge in [0.2, 0.25) is 0 Å². The van der Waals surface area contributed by atoms with Crippen LogP contribution < -0.4 is 0 Å². The summed E-state index contributed by atoms with van der Waals surface area (Å²) in [6, 6.07) is 4.72. The summed E-state index contributed by atoms with van der Waals surface area (Å²) in [6.07, 6.45) is 0. The zero-order valence-corrected chi connectivity index (χ0v) is 9.54. The minimum absolute atomic E-state index is 0.0177. The molecule has 15 heavy (non-hydrogen) atoms. The van der Waals surface area contributed by atoms with Crippen molar-refractivity contribution in [3.8, 4) is 11.8 Å². The van der Waals surface area contributed by atoms with Gasteiger partial charge >= 0.3 is 5.97 Å². The molecular formula is C10H8BrNO3. The van der Waals surface area contributed by atoms with Gasteiger partial charge in [0.15, 0.2) is 0 Å². The molecule has 0 bridgehead atoms. The average Bonchev–Trinajstić information content (AvgIpc) is 2.18. The van der Waals surface area contributed by atoms with Crippen LogP contribution in [0.5, 0.6) is 5.75 Å². The predicted molar refractivity (Wildman–Crippen MR) is 56.5 cm³/mol. The van der Waals surface area contributed by atoms with Crippen molar-refractivity contribution >= 4 is 21.9 Å². The summed E-state index contributed by atoms with van der Waals surface area (Å²) in [6.45, 7) is 1.87. The molecule has 0 spiro atoms. The lowest BCUT2D eigenvalue weighted by atomic mass is 10.1. The summed E-state index contributed by atoms with van der Waals surface area (Å²) < 4.78 is 5.15. The van der Waals surface area contributed by atoms with Gasteiger partial charge in [-0.3, -0.25) is 0 Å². The first-order chi connectivity index (χ1) is 7.11. The fraction of sp³-hybridized carbons (Fsp3) is 0.200. The Morgan fingerprint density at radius 2 is 2.33 bits per heavy atom. The van der Waals surface area contributed by atoms with E-state index in [1.165, 1.54) is 12.1 Å². The highest BCUT2D eigenvalue weighted by Gasteiger charge is 2.19. The predicted octanol–water partition coefficient (Wildman–Crippen LogP) is 2.20. The Morgan fingerprint density at radius 3 is 2.87 bits per heavy atom. The van der Waals surface area contributed by atoms with Crippen molar-refractivity contribution in [2.75, 3.05) is 6.61 Å². The molecule has 0 radical (unpaired) electrons. The number of aromatic hydroxyl groups is 1. The SMILES string of the molecule is CCOC(=O)c1c(Br)ccc(C#N)c1O. The second kappa shape index (κ2) is 4.80. The van der Waals surface area contributed by atoms with Crippen LogP contribution in [0.25, 0.3) is 0 Å². The van der Waals surface area contributed by atoms with Crippen LogP contribution >= 0.6 is 15.9 Å². The first-order valence-corrected chi connectivity index (χ1v) is 4.99. The maximum Gasteiger partial charge on any atom is 0.343 e. The molecule has 78 valence electrons. The van der Waals surface area contributed by atoms with Gasteiger partial charge in [-0.15, -0.1) is 0 Å². The minimum atomic E-state index is -0.654. The molecule has 1 N–H and O–H groups in total. The molecule has 0 aliphatic carbocycles. The lowest BCUT2D eigenvalue weighted by Gasteiger charge is -2.07. The number of hydrogen-bond donors (Lipinski definition) is 1. The van der Waals surface area contributed by atoms with Gasteiger partial charge < -0.3 is 9.84 Å². The third kappa shape index (κ3) is 2.28. The summed E-state index contributed by atoms with van der Waals surface area (Å²) in [5.74, 6) is -1.01. The maximum absolute atomic E-state index is 11.4. The number of benzene rings is 1. The molecule has 0 aliphatic heterocycles. The van der Waals surface area contributed by atoms with Crippen molar-refractivity contribution in [1.82, 2.24) is 0 Å². The first kappa shape index (κ1) is 11.5. The van der Waals surface area contributed by atoms with Gasteiger partial charge in [-0.2, -0.15) is 5.26 Å². The van der Waals surface area contributed by atoms with Crippen LogP contribution in [0, 0.1) is 11.3 Å². The van der Waals surface area contributed by atoms with Crippen LogP contribution in [0.3, 0.4) is 0 Å². The standard InChI is InChI=1S/C10H8BrNO3/c1-2-15-10(14)8-7(11)4-3-6(5-12)9(8)13/h3-4,13H,2H2,1H3. The van der Waals surface area contributed by atoms with E-state index in [9.17, 15) is 9.90 Å². The van der Waals surface area contributed by atoms with E-state index in [2.05, 4.69) is 15.9 Å². The highest BCUT2D eigenvalue weighted by Crippen LogP contribution is 2.29. The van der Waals surface area contributed by atoms with Crippen molar-refractivity contribution in [2.24, 2.45) is 0 Å². The van der Waals surface area contributed by atoms with Gasteiger partial charge in [0, 0.05) is 4.47 Å². The molecular weight excluding hydrogens is 262 g/mol. The molecule has 1 aromatic rings. The van der Waals surface area contributed by atoms with Gasteiger partial charge in [-0.25, -0.2) is 4.79 Å². The molecule has 0 amide bonds. The highest BCUT2D eigenvalue weighted by atomic mass is 79.9. The van der Waals surface area contributed by atoms with Crippen LogP contribution in [0.1, 0.15) is 22.8 Å². The number of phenolic OH excluding ortho intramolecular Hbond substituents is 1. The van der Waals surface area contributed by atoms with E-state index in [1.807, 2.05) is 0 Å². The van der Waals surface area contributed by atoms with Gasteiger partial charge in [-0.05, 0) is 35.0 Å². The second-order valence-corrected chi connectivity index (χ2v) is 3.51. The lowest BCUT2D eigenvalue weighted by Crippen LogP contribution is -2.06. The molecule has 0 saturated heterocycles. The molecule has 5 heteroatoms. The van der Waals surface area contributed by atoms with Gasteiger partial charge in [0.25, 0.3) is 0 Å². The summed E-state index contributed by atoms with van der Waals surface area (Å²) in [5, 5.41) is 18.3. The van der Waals surface area contributed by atoms with Gasteiger partial charge in [0.05, 0.1) is 12.2 Å². The third-order valence-electron chi connectivity index (χ3n) is 1.73. The molecule has 0 saturated carbocycles. The van der Waals surface area contributed by atoms with E-state index < -0.39 is 5.97 Å². The molecule has 0 aromatic heterocycles. The van der Waals surface area contributed by atoms with Crippen LogP contribution in [0.2, 0.25) is 0 Å². The Hall–Kier alpha value is -1.54. The molecule has 0 unspecified atom stereocenters. The van der Waals surface area contributed by atoms with E-state index in [0.29, 0.717) is 4.47 Å². The number of carbonyl (C=O) groups is 1. The first-order valence-electron chi connectivity index (χ1n) is 4.20. The van der Waals surface area contributed by atoms with Crippen LogP contribution in [-0.2, 0) is 4.74 Å². The van der Waals surface area contributed by atoms with E-state index in [1.54, 1.807) is 13.0 Å². The van der Waals surface area contributed by atoms with E-state index in [4.69, 9.17) is 10.00 Å². The van der Waals surface area contributed by atoms with Gasteiger partial charge in [0.1, 0.15) is 17.4 Å². The van der Waals surface area contributed by atoms with Crippen molar-refractivity contribution in [2.45, 2.75) is 6.92 Å². The Labute approximate surface area is 95.2 Å². The topological polar surface area (TPSA) is 70.3 Å². The molecule has 1 rings (SSSR count). The number of rotatable bonds is 2. The highest BCUT2D eigenvalue weighted by molar-refractivity contribution is 9.10. The summed E-state index contributed by atoms with van der Waals surface area (Å²) in [7, 11) is 0. The smallest absolute Gasteiger partial charge is 0.343 e. The normalized spacial score (nSPS) is 9.40. The Kier molecular flexibility index (Phi) is 3.69. The third-order valence-corrected chi connectivity index (χ3v) is 2.39. The van der Waals surface area contributed by atoms with Crippen molar-refractivity contribution < 1.29 is 14.6 Å². The largest absolute Gasteiger partial charge is 0.506 e. The Morgan fingerprint density at radius 1 is 1.67 bits per heavy atom. The summed E-state index contributed by atoms with van der Waals surface area (Å²) in [5.41, 5.74) is 0.0251. The fourth-order valence-electron chi connectivity index (χ4n) is 1.05. The Balaban J connectivity index is 3.28. The Bertz CT molecular complexity index is 437. The molecule has 0 aliphatic rings. The van der Waals surface area contributed by atoms with E-state index >= 15 is 0 Å². The van der Waals surface area contributed by atoms with Crippen molar-refractivity contribution in [3.63, 3.8) is 0 Å². The monoisotopic (exact) mass is 269 g/mol. The number of carbonyl (C=O) groups excluding carboxylic acids is 1. The number of ether oxygens (including phenoxy) is 1. The van der Waals surface area contributed by atoms with E-state index in [0.717, 1.165) is 0 Å². The summed E-state index contributed by atoms with van der Waals surface area (Å²) >= 11 is 3.11. The molecule has 0 atom stereocenters. The number of halogens is 1. The summed E-state index contributed by atoms with van der Waals surface area (Å²) in [4.78, 5) is 11.4. The van der Waals surface area contributed by atoms with Crippen molar-refractivity contribution in [3.05, 3.63) is 27.7 Å². The fourth-order valence-corrected chi connectivity index (χ4v) is 1.54. The number of esters is 1. The van der Waals surface area contributed by atoms with Crippen LogP contribution in [0.15, 0.2) is 16.6 Å². The van der Waals surface area contributed by atoms with Crippen LogP contribution in [0.4, 0.5) is 0 Å². The zero-order chi connectivity index (χ0) is 11.4. The molecule has 4 nitrogen and oxygen atoms in total. The lowest BCUT2D eigenvalue weighted by molar-refractivity contribution is 0.0522. The molecule has 1 aromatic carbocycles. The average molecular weight is 270 g/mol. The van der Waals surface area contributed by atoms with Crippen LogP contribution in [-0.4, -0.2) is 17.7 Å². The molecule has 0 heterocycles. The number of phenols is 1. The zero-order valence-electron chi connectivity index (χ0n) is 7.95. The number of nitrogens with zero attached hydrogens (tertiary/aromatic N) is 1.